The Morgan fingerprint density at radius 2 is 2.14 bits per heavy atom. The molecule has 1 atom stereocenters. The van der Waals surface area contributed by atoms with Crippen molar-refractivity contribution in [3.05, 3.63) is 35.2 Å². The number of benzene rings is 1. The number of hydrogen-bond acceptors (Lipinski definition) is 4. The summed E-state index contributed by atoms with van der Waals surface area (Å²) < 4.78 is 5.97. The van der Waals surface area contributed by atoms with E-state index in [0.29, 0.717) is 13.2 Å². The summed E-state index contributed by atoms with van der Waals surface area (Å²) in [4.78, 5) is 12.4. The number of hydrogen-bond donors (Lipinski definition) is 3. The summed E-state index contributed by atoms with van der Waals surface area (Å²) >= 11 is 1.54. The predicted molar refractivity (Wildman–Crippen MR) is 84.7 cm³/mol. The van der Waals surface area contributed by atoms with Crippen molar-refractivity contribution in [3.8, 4) is 0 Å². The van der Waals surface area contributed by atoms with Gasteiger partial charge in [-0.3, -0.25) is 0 Å². The van der Waals surface area contributed by atoms with Gasteiger partial charge in [0.15, 0.2) is 0 Å². The quantitative estimate of drug-likeness (QED) is 0.715. The van der Waals surface area contributed by atoms with Crippen LogP contribution in [0.3, 0.4) is 0 Å². The average molecular weight is 308 g/mol. The van der Waals surface area contributed by atoms with Crippen LogP contribution in [0, 0.1) is 0 Å². The highest BCUT2D eigenvalue weighted by atomic mass is 32.1. The van der Waals surface area contributed by atoms with Gasteiger partial charge in [-0.2, -0.15) is 0 Å². The largest absolute Gasteiger partial charge is 0.383 e. The summed E-state index contributed by atoms with van der Waals surface area (Å²) in [7, 11) is 1.58. The molecule has 0 saturated carbocycles. The minimum Gasteiger partial charge on any atom is -0.383 e. The van der Waals surface area contributed by atoms with E-state index in [0.717, 1.165) is 15.0 Å². The molecule has 1 heterocycles. The lowest BCUT2D eigenvalue weighted by molar-refractivity contribution is 0.0631. The second-order valence-corrected chi connectivity index (χ2v) is 6.11. The zero-order chi connectivity index (χ0) is 15.3. The average Bonchev–Trinajstić information content (AvgIpc) is 2.90. The molecule has 0 aliphatic carbocycles. The van der Waals surface area contributed by atoms with E-state index in [1.54, 1.807) is 14.0 Å². The summed E-state index contributed by atoms with van der Waals surface area (Å²) in [6.07, 6.45) is 0. The third-order valence-corrected chi connectivity index (χ3v) is 4.51. The Bertz CT molecular complexity index is 577. The topological polar surface area (TPSA) is 70.6 Å². The molecule has 2 amide bonds. The number of ether oxygens (including phenoxy) is 1. The van der Waals surface area contributed by atoms with Crippen molar-refractivity contribution in [3.63, 3.8) is 0 Å². The normalized spacial score (nSPS) is 13.9. The predicted octanol–water partition coefficient (Wildman–Crippen LogP) is 2.05. The van der Waals surface area contributed by atoms with E-state index in [1.165, 1.54) is 11.3 Å². The number of rotatable bonds is 6. The van der Waals surface area contributed by atoms with Gasteiger partial charge in [-0.1, -0.05) is 18.2 Å². The maximum atomic E-state index is 11.6. The molecule has 0 fully saturated rings. The van der Waals surface area contributed by atoms with Crippen molar-refractivity contribution in [1.82, 2.24) is 10.6 Å². The summed E-state index contributed by atoms with van der Waals surface area (Å²) in [5, 5.41) is 17.0. The molecule has 0 spiro atoms. The van der Waals surface area contributed by atoms with Crippen molar-refractivity contribution in [2.75, 3.05) is 26.8 Å². The van der Waals surface area contributed by atoms with E-state index in [9.17, 15) is 9.90 Å². The van der Waals surface area contributed by atoms with Crippen LogP contribution in [0.5, 0.6) is 0 Å². The van der Waals surface area contributed by atoms with Crippen molar-refractivity contribution in [2.24, 2.45) is 0 Å². The van der Waals surface area contributed by atoms with Crippen LogP contribution in [0.1, 0.15) is 11.8 Å². The number of amides is 2. The van der Waals surface area contributed by atoms with Crippen molar-refractivity contribution in [1.29, 1.82) is 0 Å². The number of carbonyl (C=O) groups excluding carboxylic acids is 1. The number of nitrogens with one attached hydrogen (secondary N) is 2. The molecule has 1 aromatic carbocycles. The van der Waals surface area contributed by atoms with Crippen LogP contribution in [0.4, 0.5) is 4.79 Å². The van der Waals surface area contributed by atoms with Crippen LogP contribution in [0.2, 0.25) is 0 Å². The van der Waals surface area contributed by atoms with Crippen LogP contribution in [0.25, 0.3) is 10.1 Å². The summed E-state index contributed by atoms with van der Waals surface area (Å²) in [5.41, 5.74) is -1.09. The number of carbonyl (C=O) groups is 1. The van der Waals surface area contributed by atoms with E-state index in [4.69, 9.17) is 4.74 Å². The van der Waals surface area contributed by atoms with Gasteiger partial charge in [-0.05, 0) is 24.4 Å². The van der Waals surface area contributed by atoms with E-state index in [-0.39, 0.29) is 12.6 Å². The first-order chi connectivity index (χ1) is 10.0. The highest BCUT2D eigenvalue weighted by Crippen LogP contribution is 2.32. The Balaban J connectivity index is 1.96. The maximum Gasteiger partial charge on any atom is 0.314 e. The van der Waals surface area contributed by atoms with E-state index < -0.39 is 5.60 Å². The van der Waals surface area contributed by atoms with E-state index in [2.05, 4.69) is 10.6 Å². The van der Waals surface area contributed by atoms with Crippen LogP contribution >= 0.6 is 11.3 Å². The lowest BCUT2D eigenvalue weighted by Gasteiger charge is -2.22. The molecule has 2 aromatic rings. The minimum absolute atomic E-state index is 0.151. The van der Waals surface area contributed by atoms with Crippen molar-refractivity contribution >= 4 is 27.5 Å². The van der Waals surface area contributed by atoms with Gasteiger partial charge in [0.05, 0.1) is 13.2 Å². The SMILES string of the molecule is COCCNC(=O)NCC(C)(O)c1cc2ccccc2s1. The molecular formula is C15H20N2O3S. The van der Waals surface area contributed by atoms with Crippen LogP contribution < -0.4 is 10.6 Å². The molecule has 1 aromatic heterocycles. The Morgan fingerprint density at radius 1 is 1.38 bits per heavy atom. The molecule has 0 bridgehead atoms. The summed E-state index contributed by atoms with van der Waals surface area (Å²) in [6.45, 7) is 2.75. The molecule has 0 saturated heterocycles. The lowest BCUT2D eigenvalue weighted by Crippen LogP contribution is -2.43. The Hall–Kier alpha value is -1.63. The zero-order valence-corrected chi connectivity index (χ0v) is 13.0. The maximum absolute atomic E-state index is 11.6. The highest BCUT2D eigenvalue weighted by molar-refractivity contribution is 7.19. The second-order valence-electron chi connectivity index (χ2n) is 5.02. The molecule has 5 nitrogen and oxygen atoms in total. The van der Waals surface area contributed by atoms with Gasteiger partial charge in [0.1, 0.15) is 5.60 Å². The third-order valence-electron chi connectivity index (χ3n) is 3.14. The molecule has 2 rings (SSSR count). The molecule has 1 unspecified atom stereocenters. The van der Waals surface area contributed by atoms with Gasteiger partial charge in [0, 0.05) is 23.2 Å². The fraction of sp³-hybridized carbons (Fsp3) is 0.400. The smallest absolute Gasteiger partial charge is 0.314 e. The van der Waals surface area contributed by atoms with Gasteiger partial charge in [-0.25, -0.2) is 4.79 Å². The van der Waals surface area contributed by atoms with Gasteiger partial charge in [-0.15, -0.1) is 11.3 Å². The first kappa shape index (κ1) is 15.8. The molecular weight excluding hydrogens is 288 g/mol. The van der Waals surface area contributed by atoms with Crippen LogP contribution in [-0.4, -0.2) is 37.9 Å². The standard InChI is InChI=1S/C15H20N2O3S/c1-15(19,10-17-14(18)16-7-8-20-2)13-9-11-5-3-4-6-12(11)21-13/h3-6,9,19H,7-8,10H2,1-2H3,(H2,16,17,18). The molecule has 0 aliphatic heterocycles. The Labute approximate surface area is 127 Å². The van der Waals surface area contributed by atoms with E-state index in [1.807, 2.05) is 30.3 Å². The highest BCUT2D eigenvalue weighted by Gasteiger charge is 2.26. The van der Waals surface area contributed by atoms with Crippen molar-refractivity contribution in [2.45, 2.75) is 12.5 Å². The first-order valence-electron chi connectivity index (χ1n) is 6.75. The monoisotopic (exact) mass is 308 g/mol. The second kappa shape index (κ2) is 6.89. The van der Waals surface area contributed by atoms with Gasteiger partial charge >= 0.3 is 6.03 Å². The van der Waals surface area contributed by atoms with Gasteiger partial charge < -0.3 is 20.5 Å². The number of methoxy groups -OCH3 is 1. The molecule has 6 heteroatoms. The Kier molecular flexibility index (Phi) is 5.17. The number of thiophene rings is 1. The fourth-order valence-electron chi connectivity index (χ4n) is 1.92. The number of urea groups is 1. The zero-order valence-electron chi connectivity index (χ0n) is 12.2. The lowest BCUT2D eigenvalue weighted by atomic mass is 10.0. The first-order valence-corrected chi connectivity index (χ1v) is 7.56. The molecule has 0 aliphatic rings. The summed E-state index contributed by atoms with van der Waals surface area (Å²) in [5.74, 6) is 0. The Morgan fingerprint density at radius 3 is 2.86 bits per heavy atom. The molecule has 0 radical (unpaired) electrons. The molecule has 114 valence electrons. The van der Waals surface area contributed by atoms with Gasteiger partial charge in [0.2, 0.25) is 0 Å². The summed E-state index contributed by atoms with van der Waals surface area (Å²) in [6, 6.07) is 9.62. The van der Waals surface area contributed by atoms with E-state index >= 15 is 0 Å². The molecule has 3 N–H and O–H groups in total. The fourth-order valence-corrected chi connectivity index (χ4v) is 3.02. The van der Waals surface area contributed by atoms with Crippen LogP contribution in [0.15, 0.2) is 30.3 Å². The van der Waals surface area contributed by atoms with Gasteiger partial charge in [0.25, 0.3) is 0 Å². The third kappa shape index (κ3) is 4.17. The minimum atomic E-state index is -1.09. The van der Waals surface area contributed by atoms with Crippen LogP contribution in [-0.2, 0) is 10.3 Å². The number of fused-ring (bicyclic) bond motifs is 1. The number of aliphatic hydroxyl groups is 1. The van der Waals surface area contributed by atoms with Crippen molar-refractivity contribution < 1.29 is 14.6 Å². The molecule has 21 heavy (non-hydrogen) atoms.